The first-order chi connectivity index (χ1) is 9.15. The number of aryl methyl sites for hydroxylation is 1. The number of imidazole rings is 1. The predicted octanol–water partition coefficient (Wildman–Crippen LogP) is -0.0748. The van der Waals surface area contributed by atoms with Crippen LogP contribution in [0.1, 0.15) is 29.3 Å². The smallest absolute Gasteiger partial charge is 0.291 e. The SMILES string of the molecule is Cn1ccnc1CN(C(=O)c1nc(N)n[nH]1)C1CC1. The van der Waals surface area contributed by atoms with Gasteiger partial charge in [-0.15, -0.1) is 5.10 Å². The van der Waals surface area contributed by atoms with E-state index < -0.39 is 0 Å². The maximum atomic E-state index is 12.4. The van der Waals surface area contributed by atoms with Crippen LogP contribution >= 0.6 is 0 Å². The van der Waals surface area contributed by atoms with Gasteiger partial charge in [-0.05, 0) is 12.8 Å². The van der Waals surface area contributed by atoms with Crippen molar-refractivity contribution in [1.82, 2.24) is 29.6 Å². The molecule has 0 aliphatic heterocycles. The molecular formula is C11H15N7O. The van der Waals surface area contributed by atoms with E-state index in [0.29, 0.717) is 6.54 Å². The number of H-pyrrole nitrogens is 1. The largest absolute Gasteiger partial charge is 0.366 e. The van der Waals surface area contributed by atoms with E-state index in [9.17, 15) is 4.79 Å². The zero-order valence-electron chi connectivity index (χ0n) is 10.6. The molecule has 0 unspecified atom stereocenters. The topological polar surface area (TPSA) is 106 Å². The van der Waals surface area contributed by atoms with E-state index in [1.807, 2.05) is 17.8 Å². The number of hydrogen-bond acceptors (Lipinski definition) is 5. The number of rotatable bonds is 4. The van der Waals surface area contributed by atoms with Crippen molar-refractivity contribution >= 4 is 11.9 Å². The Labute approximate surface area is 109 Å². The van der Waals surface area contributed by atoms with Crippen LogP contribution in [0.2, 0.25) is 0 Å². The molecule has 1 aliphatic rings. The first kappa shape index (κ1) is 11.7. The molecule has 0 bridgehead atoms. The number of nitrogens with one attached hydrogen (secondary N) is 1. The van der Waals surface area contributed by atoms with E-state index >= 15 is 0 Å². The summed E-state index contributed by atoms with van der Waals surface area (Å²) in [5.41, 5.74) is 5.43. The zero-order valence-corrected chi connectivity index (χ0v) is 10.6. The van der Waals surface area contributed by atoms with E-state index in [0.717, 1.165) is 18.7 Å². The highest BCUT2D eigenvalue weighted by atomic mass is 16.2. The van der Waals surface area contributed by atoms with Crippen LogP contribution in [0.25, 0.3) is 0 Å². The number of hydrogen-bond donors (Lipinski definition) is 2. The summed E-state index contributed by atoms with van der Waals surface area (Å²) in [5, 5.41) is 6.25. The highest BCUT2D eigenvalue weighted by molar-refractivity contribution is 5.91. The molecule has 1 fully saturated rings. The summed E-state index contributed by atoms with van der Waals surface area (Å²) in [7, 11) is 1.91. The third kappa shape index (κ3) is 2.28. The van der Waals surface area contributed by atoms with Crippen LogP contribution < -0.4 is 5.73 Å². The Morgan fingerprint density at radius 3 is 2.95 bits per heavy atom. The first-order valence-corrected chi connectivity index (χ1v) is 6.10. The van der Waals surface area contributed by atoms with Crippen LogP contribution in [0, 0.1) is 0 Å². The second-order valence-corrected chi connectivity index (χ2v) is 4.66. The van der Waals surface area contributed by atoms with E-state index in [2.05, 4.69) is 20.2 Å². The molecule has 0 saturated heterocycles. The standard InChI is InChI=1S/C11H15N7O/c1-17-5-4-13-8(17)6-18(7-2-3-7)10(19)9-14-11(12)16-15-9/h4-5,7H,2-3,6H2,1H3,(H3,12,14,15,16). The fraction of sp³-hybridized carbons (Fsp3) is 0.455. The molecular weight excluding hydrogens is 246 g/mol. The average Bonchev–Trinajstić information content (AvgIpc) is 3.01. The van der Waals surface area contributed by atoms with Crippen molar-refractivity contribution in [2.75, 3.05) is 5.73 Å². The summed E-state index contributed by atoms with van der Waals surface area (Å²) in [6.45, 7) is 0.466. The van der Waals surface area contributed by atoms with Gasteiger partial charge in [0.05, 0.1) is 6.54 Å². The normalized spacial score (nSPS) is 14.6. The Hall–Kier alpha value is -2.38. The van der Waals surface area contributed by atoms with Gasteiger partial charge in [0.25, 0.3) is 5.91 Å². The predicted molar refractivity (Wildman–Crippen MR) is 66.9 cm³/mol. The molecule has 1 aliphatic carbocycles. The van der Waals surface area contributed by atoms with Crippen molar-refractivity contribution in [2.45, 2.75) is 25.4 Å². The summed E-state index contributed by atoms with van der Waals surface area (Å²) in [6.07, 6.45) is 5.61. The van der Waals surface area contributed by atoms with E-state index in [4.69, 9.17) is 5.73 Å². The van der Waals surface area contributed by atoms with Gasteiger partial charge < -0.3 is 15.2 Å². The van der Waals surface area contributed by atoms with E-state index in [1.165, 1.54) is 0 Å². The third-order valence-electron chi connectivity index (χ3n) is 3.19. The molecule has 3 N–H and O–H groups in total. The lowest BCUT2D eigenvalue weighted by Crippen LogP contribution is -2.34. The highest BCUT2D eigenvalue weighted by Gasteiger charge is 2.35. The average molecular weight is 261 g/mol. The van der Waals surface area contributed by atoms with Crippen molar-refractivity contribution in [1.29, 1.82) is 0 Å². The van der Waals surface area contributed by atoms with Gasteiger partial charge in [-0.25, -0.2) is 4.98 Å². The monoisotopic (exact) mass is 261 g/mol. The van der Waals surface area contributed by atoms with Gasteiger partial charge >= 0.3 is 0 Å². The minimum atomic E-state index is -0.185. The Morgan fingerprint density at radius 1 is 1.63 bits per heavy atom. The second kappa shape index (κ2) is 4.38. The number of carbonyl (C=O) groups is 1. The summed E-state index contributed by atoms with van der Waals surface area (Å²) < 4.78 is 1.90. The van der Waals surface area contributed by atoms with Crippen LogP contribution in [-0.2, 0) is 13.6 Å². The molecule has 0 aromatic carbocycles. The number of nitrogens with two attached hydrogens (primary N) is 1. The number of nitrogens with zero attached hydrogens (tertiary/aromatic N) is 5. The van der Waals surface area contributed by atoms with Crippen LogP contribution in [0.4, 0.5) is 5.95 Å². The number of anilines is 1. The molecule has 0 spiro atoms. The molecule has 100 valence electrons. The van der Waals surface area contributed by atoms with Gasteiger partial charge in [-0.3, -0.25) is 9.89 Å². The molecule has 1 saturated carbocycles. The third-order valence-corrected chi connectivity index (χ3v) is 3.19. The summed E-state index contributed by atoms with van der Waals surface area (Å²) in [5.74, 6) is 0.914. The lowest BCUT2D eigenvalue weighted by atomic mass is 10.4. The number of aromatic nitrogens is 5. The number of carbonyl (C=O) groups excluding carboxylic acids is 1. The van der Waals surface area contributed by atoms with Crippen LogP contribution in [-0.4, -0.2) is 41.6 Å². The number of nitrogen functional groups attached to an aromatic ring is 1. The molecule has 0 atom stereocenters. The Morgan fingerprint density at radius 2 is 2.42 bits per heavy atom. The Balaban J connectivity index is 1.81. The summed E-state index contributed by atoms with van der Waals surface area (Å²) >= 11 is 0. The maximum Gasteiger partial charge on any atom is 0.291 e. The lowest BCUT2D eigenvalue weighted by Gasteiger charge is -2.20. The van der Waals surface area contributed by atoms with Crippen molar-refractivity contribution < 1.29 is 4.79 Å². The maximum absolute atomic E-state index is 12.4. The zero-order chi connectivity index (χ0) is 13.4. The van der Waals surface area contributed by atoms with Gasteiger partial charge in [0, 0.05) is 25.5 Å². The quantitative estimate of drug-likeness (QED) is 0.801. The lowest BCUT2D eigenvalue weighted by molar-refractivity contribution is 0.0712. The van der Waals surface area contributed by atoms with Crippen molar-refractivity contribution in [3.63, 3.8) is 0 Å². The van der Waals surface area contributed by atoms with Crippen LogP contribution in [0.5, 0.6) is 0 Å². The van der Waals surface area contributed by atoms with Gasteiger partial charge in [-0.1, -0.05) is 0 Å². The molecule has 2 heterocycles. The fourth-order valence-corrected chi connectivity index (χ4v) is 1.96. The first-order valence-electron chi connectivity index (χ1n) is 6.10. The highest BCUT2D eigenvalue weighted by Crippen LogP contribution is 2.29. The number of amides is 1. The second-order valence-electron chi connectivity index (χ2n) is 4.66. The van der Waals surface area contributed by atoms with Crippen molar-refractivity contribution in [2.24, 2.45) is 7.05 Å². The summed E-state index contributed by atoms with van der Waals surface area (Å²) in [4.78, 5) is 22.3. The molecule has 2 aromatic heterocycles. The minimum absolute atomic E-state index is 0.0797. The molecule has 3 rings (SSSR count). The number of aromatic amines is 1. The Bertz CT molecular complexity index is 598. The molecule has 8 nitrogen and oxygen atoms in total. The van der Waals surface area contributed by atoms with Gasteiger partial charge in [0.2, 0.25) is 11.8 Å². The molecule has 1 amide bonds. The van der Waals surface area contributed by atoms with Crippen LogP contribution in [0.3, 0.4) is 0 Å². The fourth-order valence-electron chi connectivity index (χ4n) is 1.96. The van der Waals surface area contributed by atoms with E-state index in [1.54, 1.807) is 11.1 Å². The van der Waals surface area contributed by atoms with Gasteiger partial charge in [0.15, 0.2) is 0 Å². The van der Waals surface area contributed by atoms with E-state index in [-0.39, 0.29) is 23.7 Å². The summed E-state index contributed by atoms with van der Waals surface area (Å²) in [6, 6.07) is 0.260. The van der Waals surface area contributed by atoms with Crippen LogP contribution in [0.15, 0.2) is 12.4 Å². The molecule has 2 aromatic rings. The molecule has 0 radical (unpaired) electrons. The Kier molecular flexibility index (Phi) is 2.69. The van der Waals surface area contributed by atoms with Crippen molar-refractivity contribution in [3.05, 3.63) is 24.0 Å². The minimum Gasteiger partial charge on any atom is -0.366 e. The molecule has 8 heteroatoms. The van der Waals surface area contributed by atoms with Gasteiger partial charge in [-0.2, -0.15) is 4.98 Å². The van der Waals surface area contributed by atoms with Crippen molar-refractivity contribution in [3.8, 4) is 0 Å². The van der Waals surface area contributed by atoms with Gasteiger partial charge in [0.1, 0.15) is 5.82 Å². The molecule has 19 heavy (non-hydrogen) atoms.